The van der Waals surface area contributed by atoms with Gasteiger partial charge in [-0.25, -0.2) is 0 Å². The highest BCUT2D eigenvalue weighted by molar-refractivity contribution is 5.97. The maximum Gasteiger partial charge on any atom is 0.233 e. The quantitative estimate of drug-likeness (QED) is 0.258. The van der Waals surface area contributed by atoms with Gasteiger partial charge >= 0.3 is 0 Å². The molecule has 2 aliphatic heterocycles. The van der Waals surface area contributed by atoms with E-state index in [1.54, 1.807) is 6.07 Å². The number of fused-ring (bicyclic) bond motifs is 1. The number of benzene rings is 3. The van der Waals surface area contributed by atoms with Gasteiger partial charge in [0.2, 0.25) is 17.8 Å². The van der Waals surface area contributed by atoms with Crippen LogP contribution in [0.15, 0.2) is 64.8 Å². The van der Waals surface area contributed by atoms with Gasteiger partial charge in [-0.15, -0.1) is 5.11 Å². The fraction of sp³-hybridized carbons (Fsp3) is 0.367. The molecule has 3 aromatic carbocycles. The second-order valence-corrected chi connectivity index (χ2v) is 11.4. The Morgan fingerprint density at radius 1 is 0.756 bits per heavy atom. The summed E-state index contributed by atoms with van der Waals surface area (Å²) in [6, 6.07) is 17.4. The van der Waals surface area contributed by atoms with Crippen molar-refractivity contribution in [2.24, 2.45) is 10.2 Å². The van der Waals surface area contributed by atoms with Gasteiger partial charge in [0.1, 0.15) is 17.1 Å². The van der Waals surface area contributed by atoms with Gasteiger partial charge in [-0.1, -0.05) is 6.07 Å². The van der Waals surface area contributed by atoms with Gasteiger partial charge < -0.3 is 32.6 Å². The number of nitrogens with one attached hydrogen (secondary N) is 1. The monoisotopic (exact) mass is 573 g/mol. The fourth-order valence-corrected chi connectivity index (χ4v) is 5.18. The van der Waals surface area contributed by atoms with Crippen molar-refractivity contribution in [3.05, 3.63) is 54.6 Å². The molecule has 0 radical (unpaired) electrons. The second kappa shape index (κ2) is 11.8. The van der Waals surface area contributed by atoms with E-state index < -0.39 is 0 Å². The molecule has 10 nitrogen and oxygen atoms in total. The molecular weight excluding hydrogens is 538 g/mol. The molecule has 4 aromatic rings. The molecular formula is C30H36ClN9O. The summed E-state index contributed by atoms with van der Waals surface area (Å²) in [4.78, 5) is 18.7. The van der Waals surface area contributed by atoms with E-state index in [-0.39, 0.29) is 18.2 Å². The van der Waals surface area contributed by atoms with Gasteiger partial charge in [0.05, 0.1) is 26.8 Å². The van der Waals surface area contributed by atoms with Crippen molar-refractivity contribution in [1.82, 2.24) is 19.4 Å². The number of phenolic OH excluding ortho intramolecular Hbond substituents is 1. The number of hydrogen-bond acceptors (Lipinski definition) is 9. The van der Waals surface area contributed by atoms with E-state index in [4.69, 9.17) is 15.0 Å². The smallest absolute Gasteiger partial charge is 0.233 e. The molecule has 0 amide bonds. The summed E-state index contributed by atoms with van der Waals surface area (Å²) in [5.41, 5.74) is 3.11. The van der Waals surface area contributed by atoms with Crippen LogP contribution in [-0.4, -0.2) is 67.4 Å². The minimum absolute atomic E-state index is 0. The van der Waals surface area contributed by atoms with E-state index in [2.05, 4.69) is 64.7 Å². The van der Waals surface area contributed by atoms with Crippen LogP contribution in [0.4, 0.5) is 40.6 Å². The molecule has 0 unspecified atom stereocenters. The van der Waals surface area contributed by atoms with Crippen LogP contribution in [0.2, 0.25) is 0 Å². The summed E-state index contributed by atoms with van der Waals surface area (Å²) in [7, 11) is 6.33. The van der Waals surface area contributed by atoms with Crippen LogP contribution in [0.5, 0.6) is 5.75 Å². The number of aromatic nitrogens is 3. The number of hydrogen-bond donors (Lipinski definition) is 2. The molecule has 214 valence electrons. The van der Waals surface area contributed by atoms with Gasteiger partial charge in [0.25, 0.3) is 0 Å². The van der Waals surface area contributed by atoms with E-state index in [1.165, 1.54) is 0 Å². The van der Waals surface area contributed by atoms with E-state index in [0.29, 0.717) is 21.8 Å². The standard InChI is InChI=1S/C30H35N9O.ClH/c1-39(2,3)24-14-8-21-9-15-26(40)27(25(21)20-24)36-35-23-12-10-22(11-13-23)31-28-32-29(37-16-4-5-17-37)34-30(33-28)38-18-6-7-19-38;/h8-15,20H,4-7,16-19H2,1-3H3,(H-,31,32,33,34,35,36,40);1H. The lowest BCUT2D eigenvalue weighted by atomic mass is 10.1. The summed E-state index contributed by atoms with van der Waals surface area (Å²) < 4.78 is 0.664. The molecule has 6 rings (SSSR count). The number of azo groups is 1. The molecule has 0 aliphatic carbocycles. The Kier molecular flexibility index (Phi) is 8.23. The van der Waals surface area contributed by atoms with Crippen LogP contribution in [-0.2, 0) is 0 Å². The van der Waals surface area contributed by atoms with Crippen molar-refractivity contribution in [2.75, 3.05) is 62.4 Å². The number of anilines is 4. The largest absolute Gasteiger partial charge is 1.00 e. The molecule has 11 heteroatoms. The Labute approximate surface area is 246 Å². The van der Waals surface area contributed by atoms with Crippen LogP contribution < -0.4 is 32.0 Å². The molecule has 0 bridgehead atoms. The predicted molar refractivity (Wildman–Crippen MR) is 162 cm³/mol. The van der Waals surface area contributed by atoms with Gasteiger partial charge in [-0.05, 0) is 73.5 Å². The Bertz CT molecular complexity index is 1510. The Morgan fingerprint density at radius 3 is 1.93 bits per heavy atom. The molecule has 41 heavy (non-hydrogen) atoms. The first-order valence-electron chi connectivity index (χ1n) is 14.0. The van der Waals surface area contributed by atoms with Crippen LogP contribution in [0, 0.1) is 0 Å². The third kappa shape index (κ3) is 6.34. The molecule has 0 saturated carbocycles. The second-order valence-electron chi connectivity index (χ2n) is 11.4. The van der Waals surface area contributed by atoms with Crippen molar-refractivity contribution in [3.63, 3.8) is 0 Å². The van der Waals surface area contributed by atoms with Gasteiger partial charge in [-0.2, -0.15) is 20.1 Å². The minimum atomic E-state index is 0. The van der Waals surface area contributed by atoms with Crippen molar-refractivity contribution >= 4 is 51.4 Å². The molecule has 2 aliphatic rings. The molecule has 2 saturated heterocycles. The fourth-order valence-electron chi connectivity index (χ4n) is 5.18. The lowest BCUT2D eigenvalue weighted by molar-refractivity contribution is -0.00000955. The van der Waals surface area contributed by atoms with E-state index in [0.717, 1.165) is 85.9 Å². The van der Waals surface area contributed by atoms with E-state index in [9.17, 15) is 5.11 Å². The normalized spacial score (nSPS) is 15.6. The Morgan fingerprint density at radius 2 is 1.34 bits per heavy atom. The Balaban J connectivity index is 0.00000337. The lowest BCUT2D eigenvalue weighted by Crippen LogP contribution is -3.00. The lowest BCUT2D eigenvalue weighted by Gasteiger charge is -2.23. The third-order valence-electron chi connectivity index (χ3n) is 7.51. The van der Waals surface area contributed by atoms with Gasteiger partial charge in [0, 0.05) is 43.3 Å². The summed E-state index contributed by atoms with van der Waals surface area (Å²) in [6.45, 7) is 3.91. The molecule has 1 aromatic heterocycles. The zero-order valence-corrected chi connectivity index (χ0v) is 24.5. The molecule has 0 atom stereocenters. The highest BCUT2D eigenvalue weighted by atomic mass is 35.5. The van der Waals surface area contributed by atoms with Crippen molar-refractivity contribution in [1.29, 1.82) is 0 Å². The van der Waals surface area contributed by atoms with Crippen LogP contribution in [0.25, 0.3) is 10.8 Å². The van der Waals surface area contributed by atoms with E-state index in [1.807, 2.05) is 30.3 Å². The minimum Gasteiger partial charge on any atom is -1.00 e. The summed E-state index contributed by atoms with van der Waals surface area (Å²) in [6.07, 6.45) is 4.65. The first-order chi connectivity index (χ1) is 19.3. The number of aromatic hydroxyl groups is 1. The average Bonchev–Trinajstić information content (AvgIpc) is 3.68. The van der Waals surface area contributed by atoms with Crippen molar-refractivity contribution in [3.8, 4) is 5.75 Å². The van der Waals surface area contributed by atoms with Crippen LogP contribution in [0.3, 0.4) is 0 Å². The third-order valence-corrected chi connectivity index (χ3v) is 7.51. The SMILES string of the molecule is C[N+](C)(C)c1ccc2ccc(O)c(/N=N/c3ccc(Nc4nc(N5CCCC5)nc(N5CCCC5)n4)cc3)c2c1.[Cl-]. The van der Waals surface area contributed by atoms with Gasteiger partial charge in [-0.3, -0.25) is 4.48 Å². The first kappa shape index (κ1) is 28.5. The predicted octanol–water partition coefficient (Wildman–Crippen LogP) is 3.29. The molecule has 3 heterocycles. The average molecular weight is 574 g/mol. The van der Waals surface area contributed by atoms with Crippen molar-refractivity contribution < 1.29 is 17.5 Å². The number of quaternary nitrogens is 1. The number of rotatable bonds is 7. The van der Waals surface area contributed by atoms with Gasteiger partial charge in [0.15, 0.2) is 0 Å². The number of nitrogens with zero attached hydrogens (tertiary/aromatic N) is 8. The molecule has 0 spiro atoms. The maximum absolute atomic E-state index is 10.6. The zero-order valence-electron chi connectivity index (χ0n) is 23.8. The van der Waals surface area contributed by atoms with Crippen LogP contribution in [0.1, 0.15) is 25.7 Å². The zero-order chi connectivity index (χ0) is 27.7. The maximum atomic E-state index is 10.6. The highest BCUT2D eigenvalue weighted by Gasteiger charge is 2.22. The summed E-state index contributed by atoms with van der Waals surface area (Å²) in [5.74, 6) is 2.13. The summed E-state index contributed by atoms with van der Waals surface area (Å²) in [5, 5.41) is 24.7. The molecule has 2 fully saturated rings. The van der Waals surface area contributed by atoms with E-state index >= 15 is 0 Å². The Hall–Kier alpha value is -4.02. The topological polar surface area (TPSA) is 102 Å². The molecule has 2 N–H and O–H groups in total. The number of halogens is 1. The highest BCUT2D eigenvalue weighted by Crippen LogP contribution is 2.38. The van der Waals surface area contributed by atoms with Crippen molar-refractivity contribution in [2.45, 2.75) is 25.7 Å². The first-order valence-corrected chi connectivity index (χ1v) is 14.0. The summed E-state index contributed by atoms with van der Waals surface area (Å²) >= 11 is 0. The van der Waals surface area contributed by atoms with Crippen LogP contribution >= 0.6 is 0 Å². The number of phenols is 1.